The van der Waals surface area contributed by atoms with Crippen molar-refractivity contribution in [3.05, 3.63) is 47.0 Å². The number of hydrogen-bond acceptors (Lipinski definition) is 10. The highest BCUT2D eigenvalue weighted by Gasteiger charge is 2.37. The van der Waals surface area contributed by atoms with Gasteiger partial charge in [-0.3, -0.25) is 10.1 Å². The quantitative estimate of drug-likeness (QED) is 0.404. The maximum absolute atomic E-state index is 12.3. The summed E-state index contributed by atoms with van der Waals surface area (Å²) in [6.07, 6.45) is 6.38. The smallest absolute Gasteiger partial charge is 0.329 e. The molecule has 4 rings (SSSR count). The molecule has 0 spiro atoms. The molecule has 0 aliphatic heterocycles. The summed E-state index contributed by atoms with van der Waals surface area (Å²) >= 11 is 0. The summed E-state index contributed by atoms with van der Waals surface area (Å²) in [6, 6.07) is 3.00. The summed E-state index contributed by atoms with van der Waals surface area (Å²) in [7, 11) is -3.48. The van der Waals surface area contributed by atoms with Crippen molar-refractivity contribution in [2.75, 3.05) is 5.32 Å². The van der Waals surface area contributed by atoms with E-state index in [1.165, 1.54) is 24.7 Å². The topological polar surface area (TPSA) is 155 Å². The van der Waals surface area contributed by atoms with Gasteiger partial charge in [-0.25, -0.2) is 23.4 Å². The minimum Gasteiger partial charge on any atom is -0.484 e. The maximum atomic E-state index is 12.3. The van der Waals surface area contributed by atoms with Crippen molar-refractivity contribution in [1.82, 2.24) is 24.1 Å². The standard InChI is InChI=1S/C18H19N7O5S/c1-11(2)30-15-7-17(20-9-14(15)25(26)27)22-16-5-6-19-18(23-16)12-8-21-24(10-12)31(28,29)13-3-4-13/h5-11,13H,3-4H2,1-2H3,(H,19,20,22,23). The normalized spacial score (nSPS) is 13.9. The summed E-state index contributed by atoms with van der Waals surface area (Å²) in [5.41, 5.74) is 0.195. The van der Waals surface area contributed by atoms with Crippen LogP contribution < -0.4 is 10.1 Å². The Morgan fingerprint density at radius 2 is 2.03 bits per heavy atom. The molecule has 162 valence electrons. The van der Waals surface area contributed by atoms with Gasteiger partial charge in [0.05, 0.1) is 34.2 Å². The van der Waals surface area contributed by atoms with Gasteiger partial charge in [-0.15, -0.1) is 0 Å². The Bertz CT molecular complexity index is 1240. The molecule has 0 aromatic carbocycles. The first-order valence-corrected chi connectivity index (χ1v) is 10.9. The van der Waals surface area contributed by atoms with Gasteiger partial charge < -0.3 is 10.1 Å². The number of nitrogens with zero attached hydrogens (tertiary/aromatic N) is 6. The van der Waals surface area contributed by atoms with Crippen molar-refractivity contribution >= 4 is 27.3 Å². The van der Waals surface area contributed by atoms with Crippen LogP contribution in [-0.2, 0) is 10.0 Å². The second-order valence-corrected chi connectivity index (χ2v) is 9.27. The molecule has 13 heteroatoms. The summed E-state index contributed by atoms with van der Waals surface area (Å²) in [5.74, 6) is 0.999. The van der Waals surface area contributed by atoms with Gasteiger partial charge in [0, 0.05) is 12.3 Å². The van der Waals surface area contributed by atoms with E-state index >= 15 is 0 Å². The van der Waals surface area contributed by atoms with Crippen molar-refractivity contribution in [2.24, 2.45) is 0 Å². The highest BCUT2D eigenvalue weighted by atomic mass is 32.2. The molecular formula is C18H19N7O5S. The van der Waals surface area contributed by atoms with Crippen molar-refractivity contribution < 1.29 is 18.1 Å². The van der Waals surface area contributed by atoms with E-state index in [0.29, 0.717) is 24.2 Å². The van der Waals surface area contributed by atoms with E-state index in [-0.39, 0.29) is 34.4 Å². The Morgan fingerprint density at radius 3 is 2.71 bits per heavy atom. The molecule has 3 aromatic heterocycles. The van der Waals surface area contributed by atoms with Crippen molar-refractivity contribution in [3.8, 4) is 17.1 Å². The molecule has 31 heavy (non-hydrogen) atoms. The number of aromatic nitrogens is 5. The van der Waals surface area contributed by atoms with E-state index in [0.717, 1.165) is 10.3 Å². The van der Waals surface area contributed by atoms with Gasteiger partial charge in [-0.2, -0.15) is 9.19 Å². The van der Waals surface area contributed by atoms with Crippen LogP contribution in [-0.4, -0.2) is 48.8 Å². The fraction of sp³-hybridized carbons (Fsp3) is 0.333. The predicted octanol–water partition coefficient (Wildman–Crippen LogP) is 2.51. The first-order valence-electron chi connectivity index (χ1n) is 9.44. The predicted molar refractivity (Wildman–Crippen MR) is 111 cm³/mol. The summed E-state index contributed by atoms with van der Waals surface area (Å²) in [4.78, 5) is 23.2. The highest BCUT2D eigenvalue weighted by molar-refractivity contribution is 7.90. The van der Waals surface area contributed by atoms with Gasteiger partial charge >= 0.3 is 5.69 Å². The lowest BCUT2D eigenvalue weighted by molar-refractivity contribution is -0.386. The van der Waals surface area contributed by atoms with Gasteiger partial charge in [0.2, 0.25) is 5.75 Å². The van der Waals surface area contributed by atoms with E-state index in [4.69, 9.17) is 4.74 Å². The Morgan fingerprint density at radius 1 is 1.26 bits per heavy atom. The third-order valence-electron chi connectivity index (χ3n) is 4.34. The van der Waals surface area contributed by atoms with Gasteiger partial charge in [-0.1, -0.05) is 0 Å². The molecule has 0 radical (unpaired) electrons. The molecule has 3 heterocycles. The van der Waals surface area contributed by atoms with Crippen molar-refractivity contribution in [2.45, 2.75) is 38.0 Å². The second-order valence-electron chi connectivity index (χ2n) is 7.20. The number of nitro groups is 1. The molecular weight excluding hydrogens is 426 g/mol. The van der Waals surface area contributed by atoms with Crippen LogP contribution in [0.25, 0.3) is 11.4 Å². The third kappa shape index (κ3) is 4.45. The van der Waals surface area contributed by atoms with Crippen LogP contribution in [0.2, 0.25) is 0 Å². The SMILES string of the molecule is CC(C)Oc1cc(Nc2ccnc(-c3cnn(S(=O)(=O)C4CC4)c3)n2)ncc1[N+](=O)[O-]. The minimum absolute atomic E-state index is 0.0818. The molecule has 1 fully saturated rings. The molecule has 1 aliphatic carbocycles. The first kappa shape index (κ1) is 20.7. The Labute approximate surface area is 177 Å². The highest BCUT2D eigenvalue weighted by Crippen LogP contribution is 2.31. The number of nitrogens with one attached hydrogen (secondary N) is 1. The van der Waals surface area contributed by atoms with Gasteiger partial charge in [0.25, 0.3) is 10.0 Å². The number of ether oxygens (including phenoxy) is 1. The molecule has 1 saturated carbocycles. The van der Waals surface area contributed by atoms with Crippen LogP contribution in [0, 0.1) is 10.1 Å². The average molecular weight is 445 g/mol. The summed E-state index contributed by atoms with van der Waals surface area (Å²) in [6.45, 7) is 3.52. The number of anilines is 2. The Hall–Kier alpha value is -3.61. The van der Waals surface area contributed by atoms with Crippen LogP contribution in [0.4, 0.5) is 17.3 Å². The largest absolute Gasteiger partial charge is 0.484 e. The zero-order valence-corrected chi connectivity index (χ0v) is 17.5. The lowest BCUT2D eigenvalue weighted by Crippen LogP contribution is -2.17. The lowest BCUT2D eigenvalue weighted by atomic mass is 10.3. The van der Waals surface area contributed by atoms with Crippen molar-refractivity contribution in [1.29, 1.82) is 0 Å². The molecule has 0 unspecified atom stereocenters. The fourth-order valence-corrected chi connectivity index (χ4v) is 4.24. The summed E-state index contributed by atoms with van der Waals surface area (Å²) < 4.78 is 31.1. The van der Waals surface area contributed by atoms with Gasteiger partial charge in [0.1, 0.15) is 17.8 Å². The van der Waals surface area contributed by atoms with Crippen LogP contribution in [0.15, 0.2) is 36.9 Å². The average Bonchev–Trinajstić information content (AvgIpc) is 3.45. The molecule has 0 amide bonds. The fourth-order valence-electron chi connectivity index (χ4n) is 2.76. The zero-order valence-electron chi connectivity index (χ0n) is 16.7. The molecule has 1 aliphatic rings. The van der Waals surface area contributed by atoms with Crippen LogP contribution >= 0.6 is 0 Å². The molecule has 3 aromatic rings. The van der Waals surface area contributed by atoms with Crippen LogP contribution in [0.1, 0.15) is 26.7 Å². The first-order chi connectivity index (χ1) is 14.7. The molecule has 0 atom stereocenters. The lowest BCUT2D eigenvalue weighted by Gasteiger charge is -2.11. The van der Waals surface area contributed by atoms with E-state index in [1.807, 2.05) is 0 Å². The Kier molecular flexibility index (Phi) is 5.27. The maximum Gasteiger partial charge on any atom is 0.329 e. The molecule has 12 nitrogen and oxygen atoms in total. The summed E-state index contributed by atoms with van der Waals surface area (Å²) in [5, 5.41) is 17.7. The van der Waals surface area contributed by atoms with E-state index in [1.54, 1.807) is 19.9 Å². The Balaban J connectivity index is 1.58. The van der Waals surface area contributed by atoms with Gasteiger partial charge in [0.15, 0.2) is 5.82 Å². The number of pyridine rings is 1. The van der Waals surface area contributed by atoms with E-state index in [2.05, 4.69) is 25.4 Å². The molecule has 0 saturated heterocycles. The second kappa shape index (κ2) is 7.91. The minimum atomic E-state index is -3.48. The van der Waals surface area contributed by atoms with Crippen LogP contribution in [0.3, 0.4) is 0 Å². The van der Waals surface area contributed by atoms with E-state index < -0.39 is 14.9 Å². The number of rotatable bonds is 8. The third-order valence-corrected chi connectivity index (χ3v) is 6.38. The molecule has 1 N–H and O–H groups in total. The monoisotopic (exact) mass is 445 g/mol. The number of hydrogen-bond donors (Lipinski definition) is 1. The van der Waals surface area contributed by atoms with Crippen LogP contribution in [0.5, 0.6) is 5.75 Å². The zero-order chi connectivity index (χ0) is 22.2. The van der Waals surface area contributed by atoms with Crippen molar-refractivity contribution in [3.63, 3.8) is 0 Å². The van der Waals surface area contributed by atoms with Gasteiger partial charge in [-0.05, 0) is 32.8 Å². The molecule has 0 bridgehead atoms. The van der Waals surface area contributed by atoms with E-state index in [9.17, 15) is 18.5 Å².